The summed E-state index contributed by atoms with van der Waals surface area (Å²) in [7, 11) is 0. The Bertz CT molecular complexity index is 1020. The summed E-state index contributed by atoms with van der Waals surface area (Å²) in [6.07, 6.45) is 2.87. The quantitative estimate of drug-likeness (QED) is 0.450. The number of rotatable bonds is 7. The van der Waals surface area contributed by atoms with E-state index in [4.69, 9.17) is 11.6 Å². The van der Waals surface area contributed by atoms with Crippen LogP contribution in [0.5, 0.6) is 0 Å². The van der Waals surface area contributed by atoms with Gasteiger partial charge in [0.05, 0.1) is 5.57 Å². The number of anilines is 1. The number of carbonyl (C=O) groups excluding carboxylic acids is 2. The molecule has 0 radical (unpaired) electrons. The van der Waals surface area contributed by atoms with Gasteiger partial charge in [0.2, 0.25) is 0 Å². The van der Waals surface area contributed by atoms with Crippen LogP contribution in [0.15, 0.2) is 54.2 Å². The average molecular weight is 452 g/mol. The summed E-state index contributed by atoms with van der Waals surface area (Å²) >= 11 is 6.07. The maximum atomic E-state index is 13.4. The van der Waals surface area contributed by atoms with Gasteiger partial charge in [-0.3, -0.25) is 14.5 Å². The minimum Gasteiger partial charge on any atom is -0.368 e. The third-order valence-corrected chi connectivity index (χ3v) is 6.48. The molecule has 0 spiro atoms. The zero-order chi connectivity index (χ0) is 22.7. The van der Waals surface area contributed by atoms with Crippen LogP contribution in [0.2, 0.25) is 5.02 Å². The fourth-order valence-electron chi connectivity index (χ4n) is 4.47. The van der Waals surface area contributed by atoms with E-state index in [0.29, 0.717) is 35.9 Å². The number of hydrogen-bond acceptors (Lipinski definition) is 4. The average Bonchev–Trinajstić information content (AvgIpc) is 3.05. The lowest BCUT2D eigenvalue weighted by atomic mass is 10.0. The first-order valence-electron chi connectivity index (χ1n) is 11.4. The van der Waals surface area contributed by atoms with Crippen molar-refractivity contribution in [3.63, 3.8) is 0 Å². The van der Waals surface area contributed by atoms with Gasteiger partial charge in [-0.25, -0.2) is 0 Å². The van der Waals surface area contributed by atoms with E-state index in [1.807, 2.05) is 12.1 Å². The number of amides is 2. The number of nitrogens with zero attached hydrogens (tertiary/aromatic N) is 3. The van der Waals surface area contributed by atoms with Gasteiger partial charge in [-0.15, -0.1) is 0 Å². The van der Waals surface area contributed by atoms with E-state index in [-0.39, 0.29) is 11.8 Å². The maximum absolute atomic E-state index is 13.4. The fraction of sp³-hybridized carbons (Fsp3) is 0.385. The predicted octanol–water partition coefficient (Wildman–Crippen LogP) is 4.74. The zero-order valence-electron chi connectivity index (χ0n) is 18.8. The van der Waals surface area contributed by atoms with Gasteiger partial charge in [-0.2, -0.15) is 0 Å². The van der Waals surface area contributed by atoms with Crippen molar-refractivity contribution in [3.05, 3.63) is 70.4 Å². The molecule has 1 fully saturated rings. The van der Waals surface area contributed by atoms with Gasteiger partial charge >= 0.3 is 0 Å². The van der Waals surface area contributed by atoms with Crippen molar-refractivity contribution in [2.75, 3.05) is 37.6 Å². The second kappa shape index (κ2) is 9.78. The van der Waals surface area contributed by atoms with Crippen molar-refractivity contribution in [2.45, 2.75) is 33.1 Å². The van der Waals surface area contributed by atoms with Gasteiger partial charge in [0.1, 0.15) is 5.70 Å². The second-order valence-corrected chi connectivity index (χ2v) is 8.95. The second-order valence-electron chi connectivity index (χ2n) is 8.51. The van der Waals surface area contributed by atoms with Crippen molar-refractivity contribution in [1.29, 1.82) is 0 Å². The Labute approximate surface area is 195 Å². The number of imide groups is 1. The van der Waals surface area contributed by atoms with Crippen molar-refractivity contribution in [3.8, 4) is 0 Å². The lowest BCUT2D eigenvalue weighted by molar-refractivity contribution is -0.137. The van der Waals surface area contributed by atoms with E-state index in [0.717, 1.165) is 37.9 Å². The smallest absolute Gasteiger partial charge is 0.277 e. The first-order chi connectivity index (χ1) is 15.5. The molecule has 4 rings (SSSR count). The third kappa shape index (κ3) is 4.53. The summed E-state index contributed by atoms with van der Waals surface area (Å²) < 4.78 is 0. The highest BCUT2D eigenvalue weighted by atomic mass is 35.5. The summed E-state index contributed by atoms with van der Waals surface area (Å²) in [5.74, 6) is -0.357. The van der Waals surface area contributed by atoms with Crippen molar-refractivity contribution in [1.82, 2.24) is 9.80 Å². The number of hydrogen-bond donors (Lipinski definition) is 0. The van der Waals surface area contributed by atoms with E-state index in [1.54, 1.807) is 12.1 Å². The molecule has 2 aromatic rings. The van der Waals surface area contributed by atoms with Gasteiger partial charge < -0.3 is 9.80 Å². The molecule has 6 heteroatoms. The van der Waals surface area contributed by atoms with Gasteiger partial charge in [-0.05, 0) is 48.7 Å². The summed E-state index contributed by atoms with van der Waals surface area (Å²) in [5, 5.41) is 0.610. The minimum absolute atomic E-state index is 0.167. The molecule has 32 heavy (non-hydrogen) atoms. The molecule has 5 nitrogen and oxygen atoms in total. The number of aryl methyl sites for hydroxylation is 1. The fourth-order valence-corrected chi connectivity index (χ4v) is 4.60. The van der Waals surface area contributed by atoms with Gasteiger partial charge in [0.25, 0.3) is 11.8 Å². The molecule has 2 aliphatic heterocycles. The largest absolute Gasteiger partial charge is 0.368 e. The van der Waals surface area contributed by atoms with E-state index in [2.05, 4.69) is 47.9 Å². The number of unbranched alkanes of at least 4 members (excludes halogenated alkanes) is 2. The number of benzene rings is 2. The van der Waals surface area contributed by atoms with Crippen LogP contribution in [-0.4, -0.2) is 54.3 Å². The molecule has 2 heterocycles. The molecule has 0 aliphatic carbocycles. The Balaban J connectivity index is 1.60. The SMILES string of the molecule is CCCCCN1C(=O)C(c2ccc(Cl)cc2)=C(N2CCN(c3cccc(C)c3)CC2)C1=O. The number of halogens is 1. The molecule has 0 unspecified atom stereocenters. The molecule has 0 bridgehead atoms. The van der Waals surface area contributed by atoms with E-state index in [1.165, 1.54) is 16.2 Å². The molecule has 168 valence electrons. The number of piperazine rings is 1. The van der Waals surface area contributed by atoms with Gasteiger partial charge in [0.15, 0.2) is 0 Å². The van der Waals surface area contributed by atoms with Crippen LogP contribution in [0.3, 0.4) is 0 Å². The Morgan fingerprint density at radius 1 is 0.875 bits per heavy atom. The zero-order valence-corrected chi connectivity index (χ0v) is 19.6. The van der Waals surface area contributed by atoms with Crippen molar-refractivity contribution < 1.29 is 9.59 Å². The first kappa shape index (κ1) is 22.4. The predicted molar refractivity (Wildman–Crippen MR) is 130 cm³/mol. The lowest BCUT2D eigenvalue weighted by Gasteiger charge is -2.37. The first-order valence-corrected chi connectivity index (χ1v) is 11.8. The van der Waals surface area contributed by atoms with E-state index < -0.39 is 0 Å². The molecule has 2 aromatic carbocycles. The van der Waals surface area contributed by atoms with Gasteiger partial charge in [0, 0.05) is 43.4 Å². The van der Waals surface area contributed by atoms with Crippen molar-refractivity contribution >= 4 is 34.7 Å². The minimum atomic E-state index is -0.190. The van der Waals surface area contributed by atoms with Crippen molar-refractivity contribution in [2.24, 2.45) is 0 Å². The van der Waals surface area contributed by atoms with Crippen LogP contribution < -0.4 is 4.90 Å². The van der Waals surface area contributed by atoms with Crippen LogP contribution in [0, 0.1) is 6.92 Å². The summed E-state index contributed by atoms with van der Waals surface area (Å²) in [6.45, 7) is 7.68. The standard InChI is InChI=1S/C26H30ClN3O2/c1-3-4-5-13-30-25(31)23(20-9-11-21(27)12-10-20)24(26(30)32)29-16-14-28(15-17-29)22-8-6-7-19(2)18-22/h6-12,18H,3-5,13-17H2,1-2H3. The Morgan fingerprint density at radius 3 is 2.22 bits per heavy atom. The van der Waals surface area contributed by atoms with Crippen LogP contribution in [0.4, 0.5) is 5.69 Å². The normalized spacial score (nSPS) is 17.0. The molecule has 0 aromatic heterocycles. The molecule has 0 N–H and O–H groups in total. The molecular formula is C26H30ClN3O2. The lowest BCUT2D eigenvalue weighted by Crippen LogP contribution is -2.47. The van der Waals surface area contributed by atoms with Crippen LogP contribution in [0.1, 0.15) is 37.3 Å². The van der Waals surface area contributed by atoms with Crippen LogP contribution >= 0.6 is 11.6 Å². The Morgan fingerprint density at radius 2 is 1.56 bits per heavy atom. The Hall–Kier alpha value is -2.79. The van der Waals surface area contributed by atoms with Gasteiger partial charge in [-0.1, -0.05) is 55.6 Å². The van der Waals surface area contributed by atoms with E-state index in [9.17, 15) is 9.59 Å². The summed E-state index contributed by atoms with van der Waals surface area (Å²) in [6, 6.07) is 15.7. The van der Waals surface area contributed by atoms with Crippen LogP contribution in [-0.2, 0) is 9.59 Å². The van der Waals surface area contributed by atoms with Crippen LogP contribution in [0.25, 0.3) is 5.57 Å². The Kier molecular flexibility index (Phi) is 6.85. The molecule has 2 amide bonds. The number of carbonyl (C=O) groups is 2. The highest BCUT2D eigenvalue weighted by molar-refractivity contribution is 6.36. The third-order valence-electron chi connectivity index (χ3n) is 6.22. The highest BCUT2D eigenvalue weighted by Crippen LogP contribution is 2.33. The molecule has 0 saturated carbocycles. The summed E-state index contributed by atoms with van der Waals surface area (Å²) in [4.78, 5) is 32.6. The summed E-state index contributed by atoms with van der Waals surface area (Å²) in [5.41, 5.74) is 4.23. The molecular weight excluding hydrogens is 422 g/mol. The van der Waals surface area contributed by atoms with E-state index >= 15 is 0 Å². The maximum Gasteiger partial charge on any atom is 0.277 e. The molecule has 1 saturated heterocycles. The highest BCUT2D eigenvalue weighted by Gasteiger charge is 2.41. The topological polar surface area (TPSA) is 43.9 Å². The monoisotopic (exact) mass is 451 g/mol. The molecule has 0 atom stereocenters. The molecule has 2 aliphatic rings.